The van der Waals surface area contributed by atoms with E-state index in [1.54, 1.807) is 26.8 Å². The van der Waals surface area contributed by atoms with E-state index < -0.39 is 34.9 Å². The second-order valence-corrected chi connectivity index (χ2v) is 6.04. The standard InChI is InChI=1S/C18H20FN3O4/c1-4-10(2)15(18(25)26)20-17(24)16-14(23)9-11(3)22(21-16)13-8-6-5-7-12(13)19/h5-10,15H,4H2,1-3H3,(H,20,24)(H,25,26). The van der Waals surface area contributed by atoms with Gasteiger partial charge in [0.2, 0.25) is 5.43 Å². The van der Waals surface area contributed by atoms with E-state index in [-0.39, 0.29) is 11.6 Å². The summed E-state index contributed by atoms with van der Waals surface area (Å²) in [6, 6.07) is 5.80. The van der Waals surface area contributed by atoms with Crippen molar-refractivity contribution in [3.05, 3.63) is 57.8 Å². The number of nitrogens with zero attached hydrogens (tertiary/aromatic N) is 2. The Balaban J connectivity index is 2.45. The van der Waals surface area contributed by atoms with Gasteiger partial charge in [-0.1, -0.05) is 32.4 Å². The van der Waals surface area contributed by atoms with Crippen LogP contribution in [0.2, 0.25) is 0 Å². The predicted molar refractivity (Wildman–Crippen MR) is 92.9 cm³/mol. The summed E-state index contributed by atoms with van der Waals surface area (Å²) in [5.41, 5.74) is -0.738. The molecule has 2 rings (SSSR count). The summed E-state index contributed by atoms with van der Waals surface area (Å²) in [4.78, 5) is 36.0. The number of aromatic nitrogens is 2. The van der Waals surface area contributed by atoms with E-state index in [9.17, 15) is 23.9 Å². The molecule has 0 saturated heterocycles. The summed E-state index contributed by atoms with van der Waals surface area (Å²) in [5.74, 6) is -3.01. The van der Waals surface area contributed by atoms with Gasteiger partial charge in [0.15, 0.2) is 5.69 Å². The third kappa shape index (κ3) is 3.96. The van der Waals surface area contributed by atoms with E-state index in [0.29, 0.717) is 12.1 Å². The molecule has 0 aliphatic rings. The maximum atomic E-state index is 14.0. The third-order valence-corrected chi connectivity index (χ3v) is 4.17. The number of carboxylic acids is 1. The van der Waals surface area contributed by atoms with Crippen molar-refractivity contribution >= 4 is 11.9 Å². The second-order valence-electron chi connectivity index (χ2n) is 6.04. The number of amides is 1. The Morgan fingerprint density at radius 1 is 1.35 bits per heavy atom. The van der Waals surface area contributed by atoms with Gasteiger partial charge in [-0.25, -0.2) is 13.9 Å². The van der Waals surface area contributed by atoms with E-state index in [2.05, 4.69) is 10.4 Å². The van der Waals surface area contributed by atoms with Crippen LogP contribution in [0.15, 0.2) is 35.1 Å². The molecule has 2 unspecified atom stereocenters. The molecule has 1 aromatic heterocycles. The number of carbonyl (C=O) groups excluding carboxylic acids is 1. The van der Waals surface area contributed by atoms with Crippen LogP contribution in [0.3, 0.4) is 0 Å². The van der Waals surface area contributed by atoms with Crippen LogP contribution >= 0.6 is 0 Å². The molecule has 0 saturated carbocycles. The monoisotopic (exact) mass is 361 g/mol. The fourth-order valence-corrected chi connectivity index (χ4v) is 2.46. The summed E-state index contributed by atoms with van der Waals surface area (Å²) in [7, 11) is 0. The van der Waals surface area contributed by atoms with Crippen molar-refractivity contribution in [2.24, 2.45) is 5.92 Å². The van der Waals surface area contributed by atoms with Crippen molar-refractivity contribution in [3.8, 4) is 5.69 Å². The number of para-hydroxylation sites is 1. The third-order valence-electron chi connectivity index (χ3n) is 4.17. The SMILES string of the molecule is CCC(C)C(NC(=O)c1nn(-c2ccccc2F)c(C)cc1=O)C(=O)O. The van der Waals surface area contributed by atoms with E-state index >= 15 is 0 Å². The Hall–Kier alpha value is -3.03. The molecular weight excluding hydrogens is 341 g/mol. The smallest absolute Gasteiger partial charge is 0.326 e. The van der Waals surface area contributed by atoms with Crippen molar-refractivity contribution in [1.82, 2.24) is 15.1 Å². The van der Waals surface area contributed by atoms with Crippen LogP contribution in [0.4, 0.5) is 4.39 Å². The van der Waals surface area contributed by atoms with Crippen molar-refractivity contribution in [2.75, 3.05) is 0 Å². The zero-order valence-electron chi connectivity index (χ0n) is 14.7. The first-order chi connectivity index (χ1) is 12.3. The highest BCUT2D eigenvalue weighted by Crippen LogP contribution is 2.13. The summed E-state index contributed by atoms with van der Waals surface area (Å²) >= 11 is 0. The van der Waals surface area contributed by atoms with Gasteiger partial charge >= 0.3 is 5.97 Å². The number of benzene rings is 1. The van der Waals surface area contributed by atoms with Crippen LogP contribution in [0, 0.1) is 18.7 Å². The number of halogens is 1. The topological polar surface area (TPSA) is 101 Å². The van der Waals surface area contributed by atoms with E-state index in [4.69, 9.17) is 0 Å². The molecule has 7 nitrogen and oxygen atoms in total. The molecule has 0 bridgehead atoms. The molecule has 2 atom stereocenters. The van der Waals surface area contributed by atoms with Crippen LogP contribution in [0.25, 0.3) is 5.69 Å². The summed E-state index contributed by atoms with van der Waals surface area (Å²) in [5, 5.41) is 15.6. The lowest BCUT2D eigenvalue weighted by atomic mass is 9.99. The van der Waals surface area contributed by atoms with Gasteiger partial charge in [0.1, 0.15) is 17.5 Å². The van der Waals surface area contributed by atoms with Gasteiger partial charge in [-0.05, 0) is 25.0 Å². The van der Waals surface area contributed by atoms with Gasteiger partial charge < -0.3 is 10.4 Å². The Labute approximate surface area is 149 Å². The van der Waals surface area contributed by atoms with Crippen LogP contribution in [0.1, 0.15) is 36.5 Å². The maximum Gasteiger partial charge on any atom is 0.326 e. The lowest BCUT2D eigenvalue weighted by molar-refractivity contribution is -0.140. The first kappa shape index (κ1) is 19.3. The van der Waals surface area contributed by atoms with Crippen molar-refractivity contribution in [2.45, 2.75) is 33.2 Å². The Kier molecular flexibility index (Phi) is 5.86. The number of carboxylic acid groups (broad SMARTS) is 1. The molecule has 26 heavy (non-hydrogen) atoms. The number of aliphatic carboxylic acids is 1. The van der Waals surface area contributed by atoms with Crippen LogP contribution in [-0.4, -0.2) is 32.8 Å². The van der Waals surface area contributed by atoms with Gasteiger partial charge in [-0.2, -0.15) is 5.10 Å². The maximum absolute atomic E-state index is 14.0. The minimum Gasteiger partial charge on any atom is -0.480 e. The zero-order valence-corrected chi connectivity index (χ0v) is 14.7. The number of nitrogens with one attached hydrogen (secondary N) is 1. The highest BCUT2D eigenvalue weighted by atomic mass is 19.1. The molecule has 0 fully saturated rings. The number of rotatable bonds is 6. The average molecular weight is 361 g/mol. The summed E-state index contributed by atoms with van der Waals surface area (Å²) in [6.07, 6.45) is 0.526. The molecule has 0 radical (unpaired) electrons. The second kappa shape index (κ2) is 7.90. The molecule has 0 spiro atoms. The van der Waals surface area contributed by atoms with E-state index in [1.807, 2.05) is 0 Å². The molecule has 1 heterocycles. The minimum absolute atomic E-state index is 0.0794. The van der Waals surface area contributed by atoms with E-state index in [0.717, 1.165) is 10.7 Å². The van der Waals surface area contributed by atoms with Crippen LogP contribution < -0.4 is 10.7 Å². The van der Waals surface area contributed by atoms with Crippen molar-refractivity contribution in [3.63, 3.8) is 0 Å². The molecule has 1 aromatic carbocycles. The minimum atomic E-state index is -1.20. The van der Waals surface area contributed by atoms with Crippen LogP contribution in [0.5, 0.6) is 0 Å². The molecule has 138 valence electrons. The molecule has 2 N–H and O–H groups in total. The highest BCUT2D eigenvalue weighted by Gasteiger charge is 2.27. The summed E-state index contributed by atoms with van der Waals surface area (Å²) < 4.78 is 15.2. The quantitative estimate of drug-likeness (QED) is 0.818. The predicted octanol–water partition coefficient (Wildman–Crippen LogP) is 1.91. The number of hydrogen-bond donors (Lipinski definition) is 2. The molecule has 1 amide bonds. The number of hydrogen-bond acceptors (Lipinski definition) is 4. The van der Waals surface area contributed by atoms with Gasteiger partial charge in [0.05, 0.1) is 0 Å². The Morgan fingerprint density at radius 3 is 2.58 bits per heavy atom. The highest BCUT2D eigenvalue weighted by molar-refractivity contribution is 5.94. The fourth-order valence-electron chi connectivity index (χ4n) is 2.46. The molecule has 0 aliphatic carbocycles. The Morgan fingerprint density at radius 2 is 2.00 bits per heavy atom. The van der Waals surface area contributed by atoms with Gasteiger partial charge in [-0.15, -0.1) is 0 Å². The largest absolute Gasteiger partial charge is 0.480 e. The number of carbonyl (C=O) groups is 2. The lowest BCUT2D eigenvalue weighted by Gasteiger charge is -2.20. The lowest BCUT2D eigenvalue weighted by Crippen LogP contribution is -2.46. The molecule has 8 heteroatoms. The van der Waals surface area contributed by atoms with Crippen molar-refractivity contribution < 1.29 is 19.1 Å². The van der Waals surface area contributed by atoms with Gasteiger partial charge in [0.25, 0.3) is 5.91 Å². The van der Waals surface area contributed by atoms with Gasteiger partial charge in [-0.3, -0.25) is 9.59 Å². The normalized spacial score (nSPS) is 13.1. The van der Waals surface area contributed by atoms with Crippen molar-refractivity contribution in [1.29, 1.82) is 0 Å². The zero-order chi connectivity index (χ0) is 19.4. The first-order valence-electron chi connectivity index (χ1n) is 8.15. The summed E-state index contributed by atoms with van der Waals surface area (Å²) in [6.45, 7) is 5.03. The molecule has 2 aromatic rings. The molecule has 0 aliphatic heterocycles. The van der Waals surface area contributed by atoms with Gasteiger partial charge in [0, 0.05) is 11.8 Å². The average Bonchev–Trinajstić information content (AvgIpc) is 2.59. The number of aryl methyl sites for hydroxylation is 1. The first-order valence-corrected chi connectivity index (χ1v) is 8.15. The molecular formula is C18H20FN3O4. The fraction of sp³-hybridized carbons (Fsp3) is 0.333. The Bertz CT molecular complexity index is 894. The van der Waals surface area contributed by atoms with E-state index in [1.165, 1.54) is 18.2 Å². The van der Waals surface area contributed by atoms with Crippen LogP contribution in [-0.2, 0) is 4.79 Å².